The van der Waals surface area contributed by atoms with E-state index in [0.717, 1.165) is 143 Å². The Hall–Kier alpha value is -3.17. The first-order valence-electron chi connectivity index (χ1n) is 44.2. The number of unbranched alkanes of at least 4 members (excludes halogenated alkanes) is 39. The number of hydrogen-bond acceptors (Lipinski definition) is 5. The first kappa shape index (κ1) is 92.9. The van der Waals surface area contributed by atoms with Crippen LogP contribution >= 0.6 is 0 Å². The number of rotatable bonds is 69. The van der Waals surface area contributed by atoms with E-state index in [4.69, 9.17) is 15.3 Å². The number of allylic oxidation sites excluding steroid dienone is 4. The van der Waals surface area contributed by atoms with Crippen molar-refractivity contribution in [1.29, 1.82) is 0 Å². The molecule has 10 nitrogen and oxygen atoms in total. The highest BCUT2D eigenvalue weighted by molar-refractivity contribution is 5.67. The van der Waals surface area contributed by atoms with Crippen molar-refractivity contribution in [1.82, 2.24) is 0 Å². The lowest BCUT2D eigenvalue weighted by Crippen LogP contribution is -2.52. The Morgan fingerprint density at radius 2 is 0.350 bits per heavy atom. The number of aliphatic carboxylic acids is 5. The summed E-state index contributed by atoms with van der Waals surface area (Å²) in [7, 11) is 0. The number of hydrogen-bond donors (Lipinski definition) is 5. The normalized spacial score (nSPS) is 22.5. The number of carboxylic acid groups (broad SMARTS) is 5. The summed E-state index contributed by atoms with van der Waals surface area (Å²) in [5.41, 5.74) is 0. The molecule has 3 rings (SSSR count). The van der Waals surface area contributed by atoms with Crippen molar-refractivity contribution >= 4 is 29.8 Å². The summed E-state index contributed by atoms with van der Waals surface area (Å²) < 4.78 is 0. The second kappa shape index (κ2) is 64.2. The van der Waals surface area contributed by atoms with Gasteiger partial charge in [0.1, 0.15) is 0 Å². The van der Waals surface area contributed by atoms with Gasteiger partial charge in [-0.2, -0.15) is 0 Å². The second-order valence-electron chi connectivity index (χ2n) is 32.7. The van der Waals surface area contributed by atoms with Gasteiger partial charge in [-0.05, 0) is 167 Å². The van der Waals surface area contributed by atoms with Crippen molar-refractivity contribution < 1.29 is 49.5 Å². The predicted molar refractivity (Wildman–Crippen MR) is 422 cm³/mol. The van der Waals surface area contributed by atoms with Gasteiger partial charge < -0.3 is 25.5 Å². The fourth-order valence-corrected chi connectivity index (χ4v) is 19.1. The summed E-state index contributed by atoms with van der Waals surface area (Å²) >= 11 is 0. The fourth-order valence-electron chi connectivity index (χ4n) is 19.1. The first-order chi connectivity index (χ1) is 48.7. The predicted octanol–water partition coefficient (Wildman–Crippen LogP) is 28.0. The minimum absolute atomic E-state index is 0.293. The molecule has 100 heavy (non-hydrogen) atoms. The van der Waals surface area contributed by atoms with E-state index >= 15 is 0 Å². The van der Waals surface area contributed by atoms with E-state index in [-0.39, 0.29) is 0 Å². The summed E-state index contributed by atoms with van der Waals surface area (Å²) in [6, 6.07) is 0. The Morgan fingerprint density at radius 1 is 0.190 bits per heavy atom. The summed E-state index contributed by atoms with van der Waals surface area (Å²) in [5, 5.41) is 45.4. The van der Waals surface area contributed by atoms with Crippen LogP contribution in [0.4, 0.5) is 0 Å². The van der Waals surface area contributed by atoms with Crippen LogP contribution in [0.25, 0.3) is 0 Å². The molecule has 1 saturated carbocycles. The molecule has 5 N–H and O–H groups in total. The van der Waals surface area contributed by atoms with Gasteiger partial charge in [0.2, 0.25) is 0 Å². The maximum atomic E-state index is 11.2. The average molecular weight is 1410 g/mol. The van der Waals surface area contributed by atoms with Gasteiger partial charge in [-0.25, -0.2) is 0 Å². The van der Waals surface area contributed by atoms with Crippen molar-refractivity contribution in [2.45, 2.75) is 446 Å². The van der Waals surface area contributed by atoms with Crippen LogP contribution in [0.1, 0.15) is 446 Å². The van der Waals surface area contributed by atoms with E-state index in [1.807, 2.05) is 0 Å². The molecular formula is C90H164O10. The molecule has 0 radical (unpaired) electrons. The van der Waals surface area contributed by atoms with Crippen LogP contribution in [-0.2, 0) is 24.0 Å². The van der Waals surface area contributed by atoms with Crippen molar-refractivity contribution in [3.63, 3.8) is 0 Å². The van der Waals surface area contributed by atoms with Crippen molar-refractivity contribution in [2.24, 2.45) is 71.0 Å². The lowest BCUT2D eigenvalue weighted by atomic mass is 9.46. The van der Waals surface area contributed by atoms with E-state index in [9.17, 15) is 34.2 Å². The topological polar surface area (TPSA) is 186 Å². The first-order valence-corrected chi connectivity index (χ1v) is 44.2. The number of fused-ring (bicyclic) bond motifs is 1. The summed E-state index contributed by atoms with van der Waals surface area (Å²) in [6.07, 6.45) is 85.5. The quantitative estimate of drug-likeness (QED) is 0.0290. The molecule has 12 atom stereocenters. The SMILES string of the molecule is CCCCCCCCC1C(CCCCCCCC(=O)O)C(CCCCCC)C2C(CCCCCCCC(=O)O)C=CC(CCCCCC)C2C1CCCCCCCC(=O)O.CCCCCCCCC1C(CCCCCCCC(=O)O)C=CC(CCCCCC)C1CCCCCCCC(=O)O. The Morgan fingerprint density at radius 3 is 0.580 bits per heavy atom. The van der Waals surface area contributed by atoms with Crippen molar-refractivity contribution in [3.05, 3.63) is 24.3 Å². The third-order valence-corrected chi connectivity index (χ3v) is 24.5. The lowest BCUT2D eigenvalue weighted by molar-refractivity contribution is -0.138. The summed E-state index contributed by atoms with van der Waals surface area (Å²) in [5.74, 6) is 5.66. The Kier molecular flexibility index (Phi) is 59.7. The molecule has 0 amide bonds. The molecule has 3 aliphatic carbocycles. The third-order valence-electron chi connectivity index (χ3n) is 24.5. The van der Waals surface area contributed by atoms with Crippen LogP contribution < -0.4 is 0 Å². The second-order valence-corrected chi connectivity index (χ2v) is 32.7. The Bertz CT molecular complexity index is 2020. The highest BCUT2D eigenvalue weighted by atomic mass is 16.4. The largest absolute Gasteiger partial charge is 0.481 e. The molecule has 1 fully saturated rings. The molecule has 12 unspecified atom stereocenters. The van der Waals surface area contributed by atoms with Gasteiger partial charge in [-0.3, -0.25) is 24.0 Å². The lowest BCUT2D eigenvalue weighted by Gasteiger charge is -2.58. The summed E-state index contributed by atoms with van der Waals surface area (Å²) in [6.45, 7) is 11.6. The van der Waals surface area contributed by atoms with Crippen LogP contribution in [0.5, 0.6) is 0 Å². The Balaban J connectivity index is 0.000000738. The maximum Gasteiger partial charge on any atom is 0.303 e. The zero-order valence-electron chi connectivity index (χ0n) is 66.3. The number of carboxylic acids is 5. The monoisotopic (exact) mass is 1410 g/mol. The molecule has 0 heterocycles. The molecule has 584 valence electrons. The van der Waals surface area contributed by atoms with E-state index in [1.165, 1.54) is 289 Å². The van der Waals surface area contributed by atoms with Gasteiger partial charge in [-0.15, -0.1) is 0 Å². The molecule has 0 spiro atoms. The highest BCUT2D eigenvalue weighted by Gasteiger charge is 2.53. The zero-order chi connectivity index (χ0) is 72.9. The molecule has 0 aliphatic heterocycles. The van der Waals surface area contributed by atoms with Crippen LogP contribution in [0.2, 0.25) is 0 Å². The minimum Gasteiger partial charge on any atom is -0.481 e. The maximum absolute atomic E-state index is 11.2. The van der Waals surface area contributed by atoms with Crippen LogP contribution in [0.15, 0.2) is 24.3 Å². The molecule has 10 heteroatoms. The molecule has 0 aromatic rings. The molecule has 0 aromatic heterocycles. The van der Waals surface area contributed by atoms with Crippen LogP contribution in [-0.4, -0.2) is 55.4 Å². The minimum atomic E-state index is -0.671. The van der Waals surface area contributed by atoms with Gasteiger partial charge in [0, 0.05) is 32.1 Å². The fraction of sp³-hybridized carbons (Fsp3) is 0.900. The molecule has 0 aromatic carbocycles. The van der Waals surface area contributed by atoms with E-state index < -0.39 is 29.8 Å². The van der Waals surface area contributed by atoms with Gasteiger partial charge >= 0.3 is 29.8 Å². The summed E-state index contributed by atoms with van der Waals surface area (Å²) in [4.78, 5) is 55.2. The molecule has 0 saturated heterocycles. The van der Waals surface area contributed by atoms with Gasteiger partial charge in [0.25, 0.3) is 0 Å². The van der Waals surface area contributed by atoms with E-state index in [1.54, 1.807) is 0 Å². The zero-order valence-corrected chi connectivity index (χ0v) is 66.3. The molecule has 0 bridgehead atoms. The standard InChI is InChI=1S/C54H98O6.C36H66O4/c1-4-7-10-13-18-27-35-47-46(36-28-19-15-22-31-40-51(57)58)48(37-26-12-9-6-3)54-45(34-25-17-14-21-30-39-50(55)56)43-42-44(33-24-11-8-5-2)53(54)49(47)38-29-20-16-23-32-41-52(59)60;1-3-5-7-9-13-19-25-34-32(24-18-12-10-15-21-27-35(37)38)30-29-31(23-17-8-6-4-2)33(34)26-20-14-11-16-22-28-36(39)40/h42-49,53-54H,4-41H2,1-3H3,(H,55,56)(H,57,58)(H,59,60);29-34H,3-28H2,1-2H3,(H,37,38)(H,39,40). The smallest absolute Gasteiger partial charge is 0.303 e. The average Bonchev–Trinajstić information content (AvgIpc) is 0.742. The van der Waals surface area contributed by atoms with Gasteiger partial charge in [0.15, 0.2) is 0 Å². The van der Waals surface area contributed by atoms with Crippen molar-refractivity contribution in [2.75, 3.05) is 0 Å². The van der Waals surface area contributed by atoms with Gasteiger partial charge in [-0.1, -0.05) is 341 Å². The number of carbonyl (C=O) groups is 5. The molecule has 3 aliphatic rings. The van der Waals surface area contributed by atoms with Crippen LogP contribution in [0, 0.1) is 71.0 Å². The van der Waals surface area contributed by atoms with E-state index in [0.29, 0.717) is 49.9 Å². The van der Waals surface area contributed by atoms with Gasteiger partial charge in [0.05, 0.1) is 0 Å². The third kappa shape index (κ3) is 45.9. The van der Waals surface area contributed by atoms with Crippen molar-refractivity contribution in [3.8, 4) is 0 Å². The highest BCUT2D eigenvalue weighted by Crippen LogP contribution is 2.60. The van der Waals surface area contributed by atoms with Crippen LogP contribution in [0.3, 0.4) is 0 Å². The molecular weight excluding hydrogens is 1240 g/mol. The van der Waals surface area contributed by atoms with E-state index in [2.05, 4.69) is 58.9 Å². The Labute approximate surface area is 617 Å².